The predicted molar refractivity (Wildman–Crippen MR) is 237 cm³/mol. The molecule has 4 aromatic rings. The number of fused-ring (bicyclic) bond motifs is 2. The number of hydrogen-bond acceptors (Lipinski definition) is 8. The third kappa shape index (κ3) is 11.0. The second-order valence-electron chi connectivity index (χ2n) is 16.9. The Labute approximate surface area is 346 Å². The Hall–Kier alpha value is -3.95. The number of hydrogen-bond donors (Lipinski definition) is 4. The molecular formula is C44H59N5O6S3. The van der Waals surface area contributed by atoms with Crippen molar-refractivity contribution in [2.45, 2.75) is 50.9 Å². The number of nitrogens with zero attached hydrogens (tertiary/aromatic N) is 1. The minimum absolute atomic E-state index is 0.102. The molecule has 2 heterocycles. The number of piperidine rings is 2. The summed E-state index contributed by atoms with van der Waals surface area (Å²) < 4.78 is 75.8. The maximum absolute atomic E-state index is 11.5. The molecule has 2 aliphatic heterocycles. The van der Waals surface area contributed by atoms with Gasteiger partial charge in [-0.2, -0.15) is 0 Å². The van der Waals surface area contributed by atoms with Crippen LogP contribution in [0.3, 0.4) is 0 Å². The fourth-order valence-corrected chi connectivity index (χ4v) is 10.9. The van der Waals surface area contributed by atoms with Gasteiger partial charge < -0.3 is 10.2 Å². The van der Waals surface area contributed by atoms with Gasteiger partial charge in [0.25, 0.3) is 0 Å². The molecule has 2 saturated heterocycles. The van der Waals surface area contributed by atoms with Gasteiger partial charge in [0, 0.05) is 47.5 Å². The summed E-state index contributed by atoms with van der Waals surface area (Å²) in [6, 6.07) is 33.7. The molecule has 0 amide bonds. The quantitative estimate of drug-likeness (QED) is 0.122. The standard InChI is InChI=1S/C22H29N3O4S2.C13H18N2O2S.C9H12/c1-22(17-5-4-6-19(13-17)24-31(3,28)29)20-14-25(15-21(20)22)12-11-16-7-9-18(10-8-16)23-30(2,26)27;1-13(11-7-14-8-12(11)13)9-4-3-5-10(6-9)15-18(2,16)17;1-2-6-9-7-4-3-5-8-9/h4-10,13,20-21,23-24H,11-12,14-15H2,1-3H3;3-6,11-12,14-15H,7-8H2,1-2H3;3-5,7-8H,2,6H2,1H3. The van der Waals surface area contributed by atoms with E-state index in [4.69, 9.17) is 0 Å². The summed E-state index contributed by atoms with van der Waals surface area (Å²) in [5.41, 5.74) is 7.26. The van der Waals surface area contributed by atoms with E-state index in [0.29, 0.717) is 40.7 Å². The summed E-state index contributed by atoms with van der Waals surface area (Å²) >= 11 is 0. The van der Waals surface area contributed by atoms with Gasteiger partial charge in [-0.25, -0.2) is 25.3 Å². The number of nitrogens with one attached hydrogen (secondary N) is 4. The molecule has 0 spiro atoms. The Bertz CT molecular complexity index is 2350. The highest BCUT2D eigenvalue weighted by molar-refractivity contribution is 7.92. The summed E-state index contributed by atoms with van der Waals surface area (Å²) in [5, 5.41) is 3.39. The smallest absolute Gasteiger partial charge is 0.229 e. The fourth-order valence-electron chi connectivity index (χ4n) is 9.24. The zero-order valence-corrected chi connectivity index (χ0v) is 36.9. The molecule has 2 saturated carbocycles. The lowest BCUT2D eigenvalue weighted by atomic mass is 9.92. The van der Waals surface area contributed by atoms with Crippen LogP contribution in [-0.2, 0) is 53.7 Å². The molecular weight excluding hydrogens is 791 g/mol. The molecule has 58 heavy (non-hydrogen) atoms. The lowest BCUT2D eigenvalue weighted by Crippen LogP contribution is -2.30. The minimum atomic E-state index is -3.28. The van der Waals surface area contributed by atoms with Crippen LogP contribution in [0.1, 0.15) is 49.4 Å². The Morgan fingerprint density at radius 2 is 1.02 bits per heavy atom. The average molecular weight is 850 g/mol. The van der Waals surface area contributed by atoms with E-state index in [9.17, 15) is 25.3 Å². The molecule has 4 fully saturated rings. The predicted octanol–water partition coefficient (Wildman–Crippen LogP) is 6.30. The van der Waals surface area contributed by atoms with Crippen molar-refractivity contribution in [1.29, 1.82) is 0 Å². The second kappa shape index (κ2) is 17.3. The Morgan fingerprint density at radius 1 is 0.569 bits per heavy atom. The molecule has 0 radical (unpaired) electrons. The summed E-state index contributed by atoms with van der Waals surface area (Å²) in [6.07, 6.45) is 6.86. The third-order valence-electron chi connectivity index (χ3n) is 12.4. The summed E-state index contributed by atoms with van der Waals surface area (Å²) in [4.78, 5) is 2.48. The van der Waals surface area contributed by atoms with E-state index in [0.717, 1.165) is 45.4 Å². The number of anilines is 3. The van der Waals surface area contributed by atoms with Crippen molar-refractivity contribution in [3.63, 3.8) is 0 Å². The number of rotatable bonds is 13. The van der Waals surface area contributed by atoms with E-state index < -0.39 is 30.1 Å². The normalized spacial score (nSPS) is 25.8. The van der Waals surface area contributed by atoms with E-state index in [1.807, 2.05) is 36.4 Å². The largest absolute Gasteiger partial charge is 0.316 e. The van der Waals surface area contributed by atoms with Crippen LogP contribution in [0.15, 0.2) is 103 Å². The molecule has 11 nitrogen and oxygen atoms in total. The van der Waals surface area contributed by atoms with Gasteiger partial charge in [-0.3, -0.25) is 14.2 Å². The van der Waals surface area contributed by atoms with Gasteiger partial charge in [-0.15, -0.1) is 0 Å². The number of benzene rings is 4. The van der Waals surface area contributed by atoms with Crippen molar-refractivity contribution in [3.8, 4) is 0 Å². The second-order valence-corrected chi connectivity index (χ2v) is 22.1. The molecule has 4 aromatic carbocycles. The van der Waals surface area contributed by atoms with E-state index in [1.165, 1.54) is 47.6 Å². The van der Waals surface area contributed by atoms with Crippen LogP contribution in [0, 0.1) is 23.7 Å². The average Bonchev–Trinajstić information content (AvgIpc) is 3.61. The van der Waals surface area contributed by atoms with Gasteiger partial charge >= 0.3 is 0 Å². The molecule has 2 aliphatic carbocycles. The molecule has 314 valence electrons. The molecule has 0 bridgehead atoms. The molecule has 14 heteroatoms. The van der Waals surface area contributed by atoms with Gasteiger partial charge in [-0.1, -0.05) is 93.9 Å². The van der Waals surface area contributed by atoms with Crippen LogP contribution < -0.4 is 19.5 Å². The molecule has 4 atom stereocenters. The van der Waals surface area contributed by atoms with E-state index in [2.05, 4.69) is 87.6 Å². The number of aryl methyl sites for hydroxylation is 1. The Balaban J connectivity index is 0.000000175. The first kappa shape index (κ1) is 43.6. The monoisotopic (exact) mass is 849 g/mol. The van der Waals surface area contributed by atoms with Gasteiger partial charge in [0.1, 0.15) is 0 Å². The van der Waals surface area contributed by atoms with Crippen molar-refractivity contribution in [2.24, 2.45) is 23.7 Å². The summed E-state index contributed by atoms with van der Waals surface area (Å²) in [7, 11) is -9.74. The van der Waals surface area contributed by atoms with Crippen molar-refractivity contribution in [3.05, 3.63) is 125 Å². The molecule has 4 unspecified atom stereocenters. The van der Waals surface area contributed by atoms with Gasteiger partial charge in [0.15, 0.2) is 0 Å². The van der Waals surface area contributed by atoms with E-state index >= 15 is 0 Å². The first-order valence-corrected chi connectivity index (χ1v) is 25.7. The number of likely N-dealkylation sites (tertiary alicyclic amines) is 1. The SMILES string of the molecule is CC1(c2cccc(NS(C)(=O)=O)c2)C2CN(CCc3ccc(NS(C)(=O)=O)cc3)CC21.CC1(c2cccc(NS(C)(=O)=O)c2)C2CNCC21.CCCc1ccccc1. The zero-order valence-electron chi connectivity index (χ0n) is 34.4. The first-order valence-electron chi connectivity index (χ1n) is 20.0. The number of sulfonamides is 3. The Kier molecular flexibility index (Phi) is 13.0. The van der Waals surface area contributed by atoms with E-state index in [-0.39, 0.29) is 10.8 Å². The highest BCUT2D eigenvalue weighted by atomic mass is 32.2. The van der Waals surface area contributed by atoms with Crippen LogP contribution in [0.25, 0.3) is 0 Å². The summed E-state index contributed by atoms with van der Waals surface area (Å²) in [5.74, 6) is 2.57. The van der Waals surface area contributed by atoms with Crippen LogP contribution in [0.5, 0.6) is 0 Å². The maximum atomic E-state index is 11.5. The van der Waals surface area contributed by atoms with Crippen LogP contribution in [-0.4, -0.2) is 81.6 Å². The van der Waals surface area contributed by atoms with Gasteiger partial charge in [0.05, 0.1) is 18.8 Å². The minimum Gasteiger partial charge on any atom is -0.316 e. The fraction of sp³-hybridized carbons (Fsp3) is 0.455. The van der Waals surface area contributed by atoms with Crippen LogP contribution >= 0.6 is 0 Å². The highest BCUT2D eigenvalue weighted by Crippen LogP contribution is 2.63. The zero-order chi connectivity index (χ0) is 41.9. The lowest BCUT2D eigenvalue weighted by Gasteiger charge is -2.25. The molecule has 8 rings (SSSR count). The maximum Gasteiger partial charge on any atom is 0.229 e. The third-order valence-corrected chi connectivity index (χ3v) is 14.2. The van der Waals surface area contributed by atoms with Gasteiger partial charge in [0.2, 0.25) is 30.1 Å². The topological polar surface area (TPSA) is 154 Å². The van der Waals surface area contributed by atoms with Crippen LogP contribution in [0.2, 0.25) is 0 Å². The highest BCUT2D eigenvalue weighted by Gasteiger charge is 2.65. The van der Waals surface area contributed by atoms with Crippen molar-refractivity contribution in [1.82, 2.24) is 10.2 Å². The van der Waals surface area contributed by atoms with Crippen molar-refractivity contribution < 1.29 is 25.3 Å². The lowest BCUT2D eigenvalue weighted by molar-refractivity contribution is 0.281. The van der Waals surface area contributed by atoms with E-state index in [1.54, 1.807) is 24.3 Å². The van der Waals surface area contributed by atoms with Crippen molar-refractivity contribution >= 4 is 47.1 Å². The van der Waals surface area contributed by atoms with Crippen LogP contribution in [0.4, 0.5) is 17.1 Å². The van der Waals surface area contributed by atoms with Gasteiger partial charge in [-0.05, 0) is 108 Å². The molecule has 0 aromatic heterocycles. The molecule has 4 N–H and O–H groups in total. The molecule has 4 aliphatic rings. The first-order chi connectivity index (χ1) is 27.3. The summed E-state index contributed by atoms with van der Waals surface area (Å²) in [6.45, 7) is 12.0. The van der Waals surface area contributed by atoms with Crippen molar-refractivity contribution in [2.75, 3.05) is 65.7 Å². The Morgan fingerprint density at radius 3 is 1.48 bits per heavy atom.